The summed E-state index contributed by atoms with van der Waals surface area (Å²) in [5.41, 5.74) is 4.99. The Kier molecular flexibility index (Phi) is 6.70. The molecule has 1 aliphatic carbocycles. The molecule has 30 heavy (non-hydrogen) atoms. The van der Waals surface area contributed by atoms with E-state index in [9.17, 15) is 4.79 Å². The third-order valence-electron chi connectivity index (χ3n) is 5.33. The minimum Gasteiger partial charge on any atom is -0.489 e. The van der Waals surface area contributed by atoms with Gasteiger partial charge in [-0.1, -0.05) is 24.3 Å². The molecule has 1 aliphatic rings. The number of amides is 1. The molecule has 1 aromatic heterocycles. The number of ether oxygens (including phenoxy) is 1. The van der Waals surface area contributed by atoms with Crippen molar-refractivity contribution in [2.45, 2.75) is 43.7 Å². The molecule has 1 N–H and O–H groups in total. The number of hydrogen-bond acceptors (Lipinski definition) is 4. The molecule has 4 nitrogen and oxygen atoms in total. The number of carbonyl (C=O) groups excluding carboxylic acids is 1. The molecule has 4 rings (SSSR count). The monoisotopic (exact) mass is 418 g/mol. The summed E-state index contributed by atoms with van der Waals surface area (Å²) in [5, 5.41) is 3.09. The molecule has 2 aromatic carbocycles. The fourth-order valence-corrected chi connectivity index (χ4v) is 4.43. The highest BCUT2D eigenvalue weighted by Gasteiger charge is 2.13. The van der Waals surface area contributed by atoms with Gasteiger partial charge in [0, 0.05) is 22.9 Å². The van der Waals surface area contributed by atoms with Crippen LogP contribution in [0, 0.1) is 0 Å². The van der Waals surface area contributed by atoms with E-state index in [1.165, 1.54) is 28.9 Å². The molecule has 0 saturated heterocycles. The van der Waals surface area contributed by atoms with Gasteiger partial charge in [0.1, 0.15) is 12.4 Å². The number of fused-ring (bicyclic) bond motifs is 1. The van der Waals surface area contributed by atoms with Gasteiger partial charge in [0.05, 0.1) is 11.8 Å². The van der Waals surface area contributed by atoms with E-state index in [-0.39, 0.29) is 11.9 Å². The molecular weight excluding hydrogens is 392 g/mol. The summed E-state index contributed by atoms with van der Waals surface area (Å²) in [7, 11) is 0. The molecule has 0 saturated carbocycles. The maximum Gasteiger partial charge on any atom is 0.230 e. The summed E-state index contributed by atoms with van der Waals surface area (Å²) in [5.74, 6) is 1.27. The normalized spacial score (nSPS) is 13.5. The highest BCUT2D eigenvalue weighted by Crippen LogP contribution is 2.27. The van der Waals surface area contributed by atoms with Gasteiger partial charge < -0.3 is 10.1 Å². The number of carbonyl (C=O) groups is 1. The second-order valence-corrected chi connectivity index (χ2v) is 8.63. The lowest BCUT2D eigenvalue weighted by atomic mass is 10.1. The van der Waals surface area contributed by atoms with E-state index in [2.05, 4.69) is 28.5 Å². The lowest BCUT2D eigenvalue weighted by Crippen LogP contribution is -2.28. The molecule has 1 atom stereocenters. The van der Waals surface area contributed by atoms with Crippen LogP contribution in [0.1, 0.15) is 41.6 Å². The average Bonchev–Trinajstić information content (AvgIpc) is 3.25. The molecule has 1 heterocycles. The maximum atomic E-state index is 12.4. The molecule has 5 heteroatoms. The van der Waals surface area contributed by atoms with Gasteiger partial charge in [-0.25, -0.2) is 0 Å². The zero-order chi connectivity index (χ0) is 20.8. The Morgan fingerprint density at radius 1 is 1.13 bits per heavy atom. The van der Waals surface area contributed by atoms with Crippen LogP contribution in [-0.4, -0.2) is 16.6 Å². The summed E-state index contributed by atoms with van der Waals surface area (Å²) < 4.78 is 5.80. The van der Waals surface area contributed by atoms with Crippen LogP contribution in [-0.2, 0) is 24.2 Å². The Balaban J connectivity index is 1.24. The Labute approximate surface area is 182 Å². The third-order valence-corrected chi connectivity index (χ3v) is 6.32. The third kappa shape index (κ3) is 5.42. The number of nitrogens with one attached hydrogen (secondary N) is 1. The Morgan fingerprint density at radius 2 is 1.97 bits per heavy atom. The van der Waals surface area contributed by atoms with Crippen LogP contribution in [0.5, 0.6) is 5.75 Å². The highest BCUT2D eigenvalue weighted by molar-refractivity contribution is 8.00. The van der Waals surface area contributed by atoms with Crippen molar-refractivity contribution in [1.29, 1.82) is 0 Å². The van der Waals surface area contributed by atoms with Crippen LogP contribution >= 0.6 is 11.8 Å². The standard InChI is InChI=1S/C25H26N2O2S/c1-18(20-7-10-23(11-8-20)29-16-19-4-3-13-26-15-19)27-25(28)17-30-24-12-9-21-5-2-6-22(21)14-24/h3-4,7-15,18H,2,5-6,16-17H2,1H3,(H,27,28). The lowest BCUT2D eigenvalue weighted by molar-refractivity contribution is -0.119. The van der Waals surface area contributed by atoms with Gasteiger partial charge in [-0.15, -0.1) is 11.8 Å². The zero-order valence-corrected chi connectivity index (χ0v) is 18.0. The number of hydrogen-bond donors (Lipinski definition) is 1. The highest BCUT2D eigenvalue weighted by atomic mass is 32.2. The number of rotatable bonds is 8. The Hall–Kier alpha value is -2.79. The van der Waals surface area contributed by atoms with Crippen LogP contribution in [0.2, 0.25) is 0 Å². The molecular formula is C25H26N2O2S. The largest absolute Gasteiger partial charge is 0.489 e. The first-order chi connectivity index (χ1) is 14.7. The van der Waals surface area contributed by atoms with Gasteiger partial charge in [0.25, 0.3) is 0 Å². The van der Waals surface area contributed by atoms with Gasteiger partial charge >= 0.3 is 0 Å². The number of aryl methyl sites for hydroxylation is 2. The number of pyridine rings is 1. The summed E-state index contributed by atoms with van der Waals surface area (Å²) in [4.78, 5) is 17.7. The summed E-state index contributed by atoms with van der Waals surface area (Å²) in [6.45, 7) is 2.49. The summed E-state index contributed by atoms with van der Waals surface area (Å²) in [6.07, 6.45) is 7.14. The maximum absolute atomic E-state index is 12.4. The molecule has 154 valence electrons. The van der Waals surface area contributed by atoms with Crippen molar-refractivity contribution in [1.82, 2.24) is 10.3 Å². The van der Waals surface area contributed by atoms with Crippen molar-refractivity contribution in [3.05, 3.63) is 89.2 Å². The molecule has 0 spiro atoms. The molecule has 0 aliphatic heterocycles. The van der Waals surface area contributed by atoms with Crippen LogP contribution in [0.3, 0.4) is 0 Å². The zero-order valence-electron chi connectivity index (χ0n) is 17.1. The number of aromatic nitrogens is 1. The predicted molar refractivity (Wildman–Crippen MR) is 121 cm³/mol. The van der Waals surface area contributed by atoms with Crippen molar-refractivity contribution in [2.24, 2.45) is 0 Å². The van der Waals surface area contributed by atoms with Crippen LogP contribution < -0.4 is 10.1 Å². The summed E-state index contributed by atoms with van der Waals surface area (Å²) >= 11 is 1.60. The predicted octanol–water partition coefficient (Wildman–Crippen LogP) is 5.12. The van der Waals surface area contributed by atoms with Gasteiger partial charge in [-0.05, 0) is 73.2 Å². The number of nitrogens with zero attached hydrogens (tertiary/aromatic N) is 1. The first-order valence-electron chi connectivity index (χ1n) is 10.3. The topological polar surface area (TPSA) is 51.2 Å². The smallest absolute Gasteiger partial charge is 0.230 e. The molecule has 1 amide bonds. The Morgan fingerprint density at radius 3 is 2.77 bits per heavy atom. The fourth-order valence-electron chi connectivity index (χ4n) is 3.66. The van der Waals surface area contributed by atoms with Crippen molar-refractivity contribution < 1.29 is 9.53 Å². The van der Waals surface area contributed by atoms with Gasteiger partial charge in [-0.3, -0.25) is 9.78 Å². The van der Waals surface area contributed by atoms with Gasteiger partial charge in [0.2, 0.25) is 5.91 Å². The minimum atomic E-state index is -0.0505. The first kappa shape index (κ1) is 20.5. The van der Waals surface area contributed by atoms with Crippen molar-refractivity contribution in [3.63, 3.8) is 0 Å². The van der Waals surface area contributed by atoms with Gasteiger partial charge in [0.15, 0.2) is 0 Å². The van der Waals surface area contributed by atoms with Crippen molar-refractivity contribution in [2.75, 3.05) is 5.75 Å². The fraction of sp³-hybridized carbons (Fsp3) is 0.280. The van der Waals surface area contributed by atoms with E-state index in [0.717, 1.165) is 23.3 Å². The second kappa shape index (κ2) is 9.81. The SMILES string of the molecule is CC(NC(=O)CSc1ccc2c(c1)CCC2)c1ccc(OCc2cccnc2)cc1. The molecule has 0 fully saturated rings. The van der Waals surface area contributed by atoms with Crippen molar-refractivity contribution in [3.8, 4) is 5.75 Å². The molecule has 3 aromatic rings. The lowest BCUT2D eigenvalue weighted by Gasteiger charge is -2.15. The van der Waals surface area contributed by atoms with E-state index in [1.54, 1.807) is 24.2 Å². The van der Waals surface area contributed by atoms with Gasteiger partial charge in [-0.2, -0.15) is 0 Å². The average molecular weight is 419 g/mol. The van der Waals surface area contributed by atoms with Crippen LogP contribution in [0.25, 0.3) is 0 Å². The quantitative estimate of drug-likeness (QED) is 0.516. The Bertz CT molecular complexity index is 990. The van der Waals surface area contributed by atoms with E-state index in [1.807, 2.05) is 43.3 Å². The summed E-state index contributed by atoms with van der Waals surface area (Å²) in [6, 6.07) is 18.3. The van der Waals surface area contributed by atoms with Crippen LogP contribution in [0.4, 0.5) is 0 Å². The minimum absolute atomic E-state index is 0.0462. The molecule has 1 unspecified atom stereocenters. The van der Waals surface area contributed by atoms with Crippen LogP contribution in [0.15, 0.2) is 71.9 Å². The van der Waals surface area contributed by atoms with E-state index in [4.69, 9.17) is 4.74 Å². The molecule has 0 bridgehead atoms. The van der Waals surface area contributed by atoms with E-state index >= 15 is 0 Å². The number of benzene rings is 2. The second-order valence-electron chi connectivity index (χ2n) is 7.58. The molecule has 0 radical (unpaired) electrons. The van der Waals surface area contributed by atoms with E-state index < -0.39 is 0 Å². The van der Waals surface area contributed by atoms with E-state index in [0.29, 0.717) is 12.4 Å². The van der Waals surface area contributed by atoms with Crippen molar-refractivity contribution >= 4 is 17.7 Å². The first-order valence-corrected chi connectivity index (χ1v) is 11.3. The number of thioether (sulfide) groups is 1.